The summed E-state index contributed by atoms with van der Waals surface area (Å²) in [6.45, 7) is 11.3. The highest BCUT2D eigenvalue weighted by Crippen LogP contribution is 2.33. The molecular weight excluding hydrogens is 272 g/mol. The highest BCUT2D eigenvalue weighted by atomic mass is 32.2. The monoisotopic (exact) mass is 298 g/mol. The normalized spacial score (nSPS) is 13.0. The van der Waals surface area contributed by atoms with Gasteiger partial charge in [-0.1, -0.05) is 13.0 Å². The van der Waals surface area contributed by atoms with Crippen LogP contribution in [0.3, 0.4) is 0 Å². The van der Waals surface area contributed by atoms with Crippen molar-refractivity contribution in [2.45, 2.75) is 58.4 Å². The Labute approximate surface area is 123 Å². The Kier molecular flexibility index (Phi) is 4.56. The van der Waals surface area contributed by atoms with E-state index in [1.807, 2.05) is 40.7 Å². The van der Waals surface area contributed by atoms with Crippen LogP contribution in [-0.2, 0) is 10.0 Å². The molecule has 0 unspecified atom stereocenters. The van der Waals surface area contributed by atoms with E-state index in [0.29, 0.717) is 16.1 Å². The Balaban J connectivity index is 3.57. The highest BCUT2D eigenvalue weighted by Gasteiger charge is 2.35. The fraction of sp³-hybridized carbons (Fsp3) is 0.600. The van der Waals surface area contributed by atoms with E-state index in [9.17, 15) is 8.42 Å². The fourth-order valence-corrected chi connectivity index (χ4v) is 4.28. The predicted molar refractivity (Wildman–Crippen MR) is 84.4 cm³/mol. The molecule has 0 saturated carbocycles. The molecule has 1 aromatic rings. The maximum atomic E-state index is 12.9. The maximum Gasteiger partial charge on any atom is 0.243 e. The van der Waals surface area contributed by atoms with Crippen molar-refractivity contribution in [1.82, 2.24) is 4.31 Å². The summed E-state index contributed by atoms with van der Waals surface area (Å²) < 4.78 is 27.3. The van der Waals surface area contributed by atoms with Crippen LogP contribution in [-0.4, -0.2) is 25.3 Å². The standard InChI is InChI=1S/C15H26N2O2S/c1-8-15(5,6)17(7)20(18,19)14-11(3)9-10(2)13(16)12(14)4/h9H,8,16H2,1-7H3. The summed E-state index contributed by atoms with van der Waals surface area (Å²) in [5, 5.41) is 0. The summed E-state index contributed by atoms with van der Waals surface area (Å²) in [7, 11) is -1.92. The Hall–Kier alpha value is -1.07. The molecule has 0 aromatic heterocycles. The molecule has 0 heterocycles. The van der Waals surface area contributed by atoms with E-state index >= 15 is 0 Å². The first-order valence-electron chi connectivity index (χ1n) is 6.82. The highest BCUT2D eigenvalue weighted by molar-refractivity contribution is 7.89. The molecule has 2 N–H and O–H groups in total. The van der Waals surface area contributed by atoms with Gasteiger partial charge in [-0.3, -0.25) is 0 Å². The van der Waals surface area contributed by atoms with Gasteiger partial charge >= 0.3 is 0 Å². The molecule has 1 aromatic carbocycles. The summed E-state index contributed by atoms with van der Waals surface area (Å²) in [6, 6.07) is 1.84. The van der Waals surface area contributed by atoms with E-state index in [2.05, 4.69) is 0 Å². The Bertz CT molecular complexity index is 619. The summed E-state index contributed by atoms with van der Waals surface area (Å²) in [5.41, 5.74) is 8.42. The molecule has 1 rings (SSSR count). The van der Waals surface area contributed by atoms with Crippen LogP contribution in [0, 0.1) is 20.8 Å². The van der Waals surface area contributed by atoms with Crippen LogP contribution in [0.1, 0.15) is 43.9 Å². The molecule has 4 nitrogen and oxygen atoms in total. The summed E-state index contributed by atoms with van der Waals surface area (Å²) in [4.78, 5) is 0.338. The molecule has 0 bridgehead atoms. The van der Waals surface area contributed by atoms with Crippen LogP contribution >= 0.6 is 0 Å². The minimum atomic E-state index is -3.56. The second-order valence-corrected chi connectivity index (χ2v) is 7.92. The number of nitrogens with zero attached hydrogens (tertiary/aromatic N) is 1. The molecule has 0 radical (unpaired) electrons. The van der Waals surface area contributed by atoms with Gasteiger partial charge in [0, 0.05) is 18.3 Å². The van der Waals surface area contributed by atoms with Gasteiger partial charge in [0.2, 0.25) is 10.0 Å². The van der Waals surface area contributed by atoms with E-state index < -0.39 is 15.6 Å². The molecule has 0 saturated heterocycles. The lowest BCUT2D eigenvalue weighted by Crippen LogP contribution is -2.44. The zero-order valence-electron chi connectivity index (χ0n) is 13.5. The van der Waals surface area contributed by atoms with Gasteiger partial charge in [0.15, 0.2) is 0 Å². The molecule has 0 aliphatic carbocycles. The first-order chi connectivity index (χ1) is 8.96. The predicted octanol–water partition coefficient (Wildman–Crippen LogP) is 3.00. The fourth-order valence-electron chi connectivity index (χ4n) is 2.26. The van der Waals surface area contributed by atoms with Gasteiger partial charge in [0.05, 0.1) is 4.90 Å². The third-order valence-electron chi connectivity index (χ3n) is 4.30. The summed E-state index contributed by atoms with van der Waals surface area (Å²) in [5.74, 6) is 0. The van der Waals surface area contributed by atoms with Crippen molar-refractivity contribution in [2.24, 2.45) is 0 Å². The lowest BCUT2D eigenvalue weighted by atomic mass is 10.0. The number of benzene rings is 1. The van der Waals surface area contributed by atoms with Crippen LogP contribution < -0.4 is 5.73 Å². The van der Waals surface area contributed by atoms with Gasteiger partial charge in [-0.2, -0.15) is 4.31 Å². The third-order valence-corrected chi connectivity index (χ3v) is 6.66. The van der Waals surface area contributed by atoms with Crippen LogP contribution in [0.5, 0.6) is 0 Å². The van der Waals surface area contributed by atoms with Crippen LogP contribution in [0.25, 0.3) is 0 Å². The number of sulfonamides is 1. The summed E-state index contributed by atoms with van der Waals surface area (Å²) >= 11 is 0. The SMILES string of the molecule is CCC(C)(C)N(C)S(=O)(=O)c1c(C)cc(C)c(N)c1C. The van der Waals surface area contributed by atoms with Crippen molar-refractivity contribution < 1.29 is 8.42 Å². The molecule has 0 aliphatic heterocycles. The molecule has 0 amide bonds. The smallest absolute Gasteiger partial charge is 0.243 e. The van der Waals surface area contributed by atoms with Gasteiger partial charge < -0.3 is 5.73 Å². The lowest BCUT2D eigenvalue weighted by Gasteiger charge is -2.34. The maximum absolute atomic E-state index is 12.9. The van der Waals surface area contributed by atoms with E-state index in [4.69, 9.17) is 5.73 Å². The van der Waals surface area contributed by atoms with Gasteiger partial charge in [0.25, 0.3) is 0 Å². The minimum Gasteiger partial charge on any atom is -0.398 e. The quantitative estimate of drug-likeness (QED) is 0.869. The van der Waals surface area contributed by atoms with Gasteiger partial charge in [-0.05, 0) is 57.7 Å². The largest absolute Gasteiger partial charge is 0.398 e. The van der Waals surface area contributed by atoms with E-state index in [1.54, 1.807) is 14.0 Å². The molecular formula is C15H26N2O2S. The first-order valence-corrected chi connectivity index (χ1v) is 8.26. The van der Waals surface area contributed by atoms with Crippen molar-refractivity contribution in [3.05, 3.63) is 22.8 Å². The molecule has 20 heavy (non-hydrogen) atoms. The Morgan fingerprint density at radius 3 is 2.15 bits per heavy atom. The Morgan fingerprint density at radius 1 is 1.20 bits per heavy atom. The zero-order valence-corrected chi connectivity index (χ0v) is 14.4. The van der Waals surface area contributed by atoms with Crippen LogP contribution in [0.15, 0.2) is 11.0 Å². The Morgan fingerprint density at radius 2 is 1.70 bits per heavy atom. The molecule has 114 valence electrons. The number of anilines is 1. The number of hydrogen-bond donors (Lipinski definition) is 1. The van der Waals surface area contributed by atoms with E-state index in [1.165, 1.54) is 4.31 Å². The summed E-state index contributed by atoms with van der Waals surface area (Å²) in [6.07, 6.45) is 0.738. The average molecular weight is 298 g/mol. The van der Waals surface area contributed by atoms with Crippen LogP contribution in [0.2, 0.25) is 0 Å². The average Bonchev–Trinajstić information content (AvgIpc) is 2.34. The van der Waals surface area contributed by atoms with Crippen molar-refractivity contribution in [2.75, 3.05) is 12.8 Å². The third kappa shape index (κ3) is 2.69. The van der Waals surface area contributed by atoms with Gasteiger partial charge in [-0.25, -0.2) is 8.42 Å². The number of nitrogens with two attached hydrogens (primary N) is 1. The number of aryl methyl sites for hydroxylation is 2. The second kappa shape index (κ2) is 5.37. The molecule has 0 spiro atoms. The van der Waals surface area contributed by atoms with Crippen LogP contribution in [0.4, 0.5) is 5.69 Å². The molecule has 0 atom stereocenters. The van der Waals surface area contributed by atoms with Crippen molar-refractivity contribution in [3.8, 4) is 0 Å². The number of rotatable bonds is 4. The molecule has 0 aliphatic rings. The van der Waals surface area contributed by atoms with Crippen molar-refractivity contribution >= 4 is 15.7 Å². The molecule has 0 fully saturated rings. The first kappa shape index (κ1) is 17.0. The zero-order chi connectivity index (χ0) is 15.9. The topological polar surface area (TPSA) is 63.4 Å². The van der Waals surface area contributed by atoms with Crippen molar-refractivity contribution in [3.63, 3.8) is 0 Å². The van der Waals surface area contributed by atoms with Gasteiger partial charge in [0.1, 0.15) is 0 Å². The van der Waals surface area contributed by atoms with E-state index in [-0.39, 0.29) is 0 Å². The van der Waals surface area contributed by atoms with Crippen molar-refractivity contribution in [1.29, 1.82) is 0 Å². The second-order valence-electron chi connectivity index (χ2n) is 6.02. The van der Waals surface area contributed by atoms with E-state index in [0.717, 1.165) is 17.5 Å². The molecule has 5 heteroatoms. The van der Waals surface area contributed by atoms with Gasteiger partial charge in [-0.15, -0.1) is 0 Å². The minimum absolute atomic E-state index is 0.338. The lowest BCUT2D eigenvalue weighted by molar-refractivity contribution is 0.257. The number of nitrogen functional groups attached to an aromatic ring is 1. The number of hydrogen-bond acceptors (Lipinski definition) is 3.